The Morgan fingerprint density at radius 2 is 1.90 bits per heavy atom. The highest BCUT2D eigenvalue weighted by molar-refractivity contribution is 7.80. The predicted molar refractivity (Wildman–Crippen MR) is 85.0 cm³/mol. The van der Waals surface area contributed by atoms with Crippen LogP contribution in [0.1, 0.15) is 44.1 Å². The van der Waals surface area contributed by atoms with E-state index >= 15 is 0 Å². The number of anilines is 1. The zero-order chi connectivity index (χ0) is 15.0. The molecule has 1 spiro atoms. The van der Waals surface area contributed by atoms with E-state index in [0.717, 1.165) is 32.1 Å². The minimum absolute atomic E-state index is 0.0488. The van der Waals surface area contributed by atoms with Crippen LogP contribution in [0.15, 0.2) is 24.3 Å². The minimum Gasteiger partial charge on any atom is -0.389 e. The molecule has 0 atom stereocenters. The van der Waals surface area contributed by atoms with Gasteiger partial charge in [0, 0.05) is 12.0 Å². The number of nitrogens with zero attached hydrogens (tertiary/aromatic N) is 1. The SMILES string of the molecule is NC(=S)c1cccc(N2C(=O)CC3(CCCCC3)C2=O)c1. The number of amides is 2. The average Bonchev–Trinajstić information content (AvgIpc) is 2.71. The number of thiocarbonyl (C=S) groups is 1. The van der Waals surface area contributed by atoms with Crippen LogP contribution in [-0.4, -0.2) is 16.8 Å². The maximum atomic E-state index is 12.8. The van der Waals surface area contributed by atoms with Gasteiger partial charge in [0.15, 0.2) is 0 Å². The molecular weight excluding hydrogens is 284 g/mol. The van der Waals surface area contributed by atoms with Gasteiger partial charge in [-0.1, -0.05) is 43.6 Å². The van der Waals surface area contributed by atoms with Crippen molar-refractivity contribution in [3.05, 3.63) is 29.8 Å². The average molecular weight is 302 g/mol. The molecule has 3 rings (SSSR count). The second-order valence-electron chi connectivity index (χ2n) is 5.97. The second kappa shape index (κ2) is 5.22. The Morgan fingerprint density at radius 3 is 2.57 bits per heavy atom. The molecule has 21 heavy (non-hydrogen) atoms. The molecule has 0 radical (unpaired) electrons. The van der Waals surface area contributed by atoms with Crippen LogP contribution in [0, 0.1) is 5.41 Å². The molecule has 0 aromatic heterocycles. The van der Waals surface area contributed by atoms with Gasteiger partial charge in [-0.2, -0.15) is 0 Å². The summed E-state index contributed by atoms with van der Waals surface area (Å²) in [5, 5.41) is 0. The fourth-order valence-corrected chi connectivity index (χ4v) is 3.60. The number of nitrogens with two attached hydrogens (primary N) is 1. The first-order valence-corrected chi connectivity index (χ1v) is 7.72. The Bertz CT molecular complexity index is 620. The normalized spacial score (nSPS) is 21.0. The highest BCUT2D eigenvalue weighted by atomic mass is 32.1. The molecule has 2 N–H and O–H groups in total. The molecule has 1 aromatic rings. The quantitative estimate of drug-likeness (QED) is 0.673. The molecule has 1 saturated heterocycles. The van der Waals surface area contributed by atoms with Gasteiger partial charge in [-0.15, -0.1) is 0 Å². The number of imide groups is 1. The zero-order valence-corrected chi connectivity index (χ0v) is 12.6. The van der Waals surface area contributed by atoms with E-state index in [0.29, 0.717) is 17.7 Å². The molecule has 0 unspecified atom stereocenters. The van der Waals surface area contributed by atoms with Gasteiger partial charge < -0.3 is 5.73 Å². The van der Waals surface area contributed by atoms with E-state index in [2.05, 4.69) is 0 Å². The van der Waals surface area contributed by atoms with Crippen LogP contribution < -0.4 is 10.6 Å². The van der Waals surface area contributed by atoms with E-state index < -0.39 is 5.41 Å². The molecule has 4 nitrogen and oxygen atoms in total. The molecule has 2 fully saturated rings. The number of benzene rings is 1. The van der Waals surface area contributed by atoms with Crippen LogP contribution in [0.5, 0.6) is 0 Å². The highest BCUT2D eigenvalue weighted by Gasteiger charge is 2.51. The lowest BCUT2D eigenvalue weighted by atomic mass is 9.73. The van der Waals surface area contributed by atoms with E-state index in [1.807, 2.05) is 0 Å². The van der Waals surface area contributed by atoms with Gasteiger partial charge in [-0.25, -0.2) is 0 Å². The molecule has 1 aliphatic carbocycles. The summed E-state index contributed by atoms with van der Waals surface area (Å²) in [5.41, 5.74) is 6.42. The molecule has 2 aliphatic rings. The van der Waals surface area contributed by atoms with Gasteiger partial charge in [0.1, 0.15) is 4.99 Å². The van der Waals surface area contributed by atoms with Crippen molar-refractivity contribution < 1.29 is 9.59 Å². The third kappa shape index (κ3) is 2.35. The molecule has 2 amide bonds. The summed E-state index contributed by atoms with van der Waals surface area (Å²) in [4.78, 5) is 26.8. The molecule has 0 bridgehead atoms. The zero-order valence-electron chi connectivity index (χ0n) is 11.8. The predicted octanol–water partition coefficient (Wildman–Crippen LogP) is 2.53. The number of carbonyl (C=O) groups excluding carboxylic acids is 2. The Hall–Kier alpha value is -1.75. The third-order valence-electron chi connectivity index (χ3n) is 4.60. The van der Waals surface area contributed by atoms with Crippen molar-refractivity contribution in [1.82, 2.24) is 0 Å². The number of rotatable bonds is 2. The maximum Gasteiger partial charge on any atom is 0.240 e. The van der Waals surface area contributed by atoms with Crippen LogP contribution in [0.3, 0.4) is 0 Å². The van der Waals surface area contributed by atoms with Crippen LogP contribution >= 0.6 is 12.2 Å². The van der Waals surface area contributed by atoms with Crippen molar-refractivity contribution in [3.8, 4) is 0 Å². The summed E-state index contributed by atoms with van der Waals surface area (Å²) in [5.74, 6) is -0.158. The van der Waals surface area contributed by atoms with E-state index in [4.69, 9.17) is 18.0 Å². The lowest BCUT2D eigenvalue weighted by molar-refractivity contribution is -0.127. The fraction of sp³-hybridized carbons (Fsp3) is 0.438. The summed E-state index contributed by atoms with van der Waals surface area (Å²) in [6.07, 6.45) is 5.19. The molecule has 1 saturated carbocycles. The van der Waals surface area contributed by atoms with Gasteiger partial charge in [0.2, 0.25) is 11.8 Å². The van der Waals surface area contributed by atoms with Crippen molar-refractivity contribution >= 4 is 34.7 Å². The van der Waals surface area contributed by atoms with Crippen LogP contribution in [0.2, 0.25) is 0 Å². The molecule has 110 valence electrons. The van der Waals surface area contributed by atoms with Gasteiger partial charge in [-0.3, -0.25) is 14.5 Å². The Kier molecular flexibility index (Phi) is 3.53. The molecule has 1 aromatic carbocycles. The molecule has 1 aliphatic heterocycles. The second-order valence-corrected chi connectivity index (χ2v) is 6.41. The lowest BCUT2D eigenvalue weighted by Crippen LogP contribution is -2.37. The summed E-state index contributed by atoms with van der Waals surface area (Å²) in [7, 11) is 0. The first-order chi connectivity index (χ1) is 10.0. The Balaban J connectivity index is 1.95. The van der Waals surface area contributed by atoms with Crippen molar-refractivity contribution in [2.45, 2.75) is 38.5 Å². The van der Waals surface area contributed by atoms with Crippen molar-refractivity contribution in [1.29, 1.82) is 0 Å². The standard InChI is InChI=1S/C16H18N2O2S/c17-14(21)11-5-4-6-12(9-11)18-13(19)10-16(15(18)20)7-2-1-3-8-16/h4-6,9H,1-3,7-8,10H2,(H2,17,21). The van der Waals surface area contributed by atoms with E-state index in [1.54, 1.807) is 24.3 Å². The molecular formula is C16H18N2O2S. The highest BCUT2D eigenvalue weighted by Crippen LogP contribution is 2.46. The third-order valence-corrected chi connectivity index (χ3v) is 4.83. The van der Waals surface area contributed by atoms with Crippen molar-refractivity contribution in [3.63, 3.8) is 0 Å². The Labute approximate surface area is 129 Å². The van der Waals surface area contributed by atoms with Crippen LogP contribution in [0.4, 0.5) is 5.69 Å². The van der Waals surface area contributed by atoms with E-state index in [-0.39, 0.29) is 16.8 Å². The summed E-state index contributed by atoms with van der Waals surface area (Å²) in [6.45, 7) is 0. The van der Waals surface area contributed by atoms with E-state index in [1.165, 1.54) is 4.90 Å². The monoisotopic (exact) mass is 302 g/mol. The largest absolute Gasteiger partial charge is 0.389 e. The number of carbonyl (C=O) groups is 2. The van der Waals surface area contributed by atoms with E-state index in [9.17, 15) is 9.59 Å². The molecule has 5 heteroatoms. The van der Waals surface area contributed by atoms with Gasteiger partial charge in [0.05, 0.1) is 11.1 Å². The number of hydrogen-bond donors (Lipinski definition) is 1. The smallest absolute Gasteiger partial charge is 0.240 e. The molecule has 1 heterocycles. The van der Waals surface area contributed by atoms with Crippen LogP contribution in [0.25, 0.3) is 0 Å². The summed E-state index contributed by atoms with van der Waals surface area (Å²) in [6, 6.07) is 7.04. The topological polar surface area (TPSA) is 63.4 Å². The van der Waals surface area contributed by atoms with Crippen molar-refractivity contribution in [2.75, 3.05) is 4.90 Å². The van der Waals surface area contributed by atoms with Gasteiger partial charge >= 0.3 is 0 Å². The lowest BCUT2D eigenvalue weighted by Gasteiger charge is -2.30. The first kappa shape index (κ1) is 14.2. The summed E-state index contributed by atoms with van der Waals surface area (Å²) >= 11 is 4.96. The Morgan fingerprint density at radius 1 is 1.19 bits per heavy atom. The van der Waals surface area contributed by atoms with Gasteiger partial charge in [0.25, 0.3) is 0 Å². The first-order valence-electron chi connectivity index (χ1n) is 7.31. The maximum absolute atomic E-state index is 12.8. The van der Waals surface area contributed by atoms with Crippen molar-refractivity contribution in [2.24, 2.45) is 11.1 Å². The van der Waals surface area contributed by atoms with Gasteiger partial charge in [-0.05, 0) is 25.0 Å². The van der Waals surface area contributed by atoms with Crippen LogP contribution in [-0.2, 0) is 9.59 Å². The minimum atomic E-state index is -0.464. The fourth-order valence-electron chi connectivity index (χ4n) is 3.47. The summed E-state index contributed by atoms with van der Waals surface area (Å²) < 4.78 is 0. The number of hydrogen-bond acceptors (Lipinski definition) is 3.